The van der Waals surface area contributed by atoms with Crippen LogP contribution in [0.5, 0.6) is 0 Å². The Labute approximate surface area is 151 Å². The molecule has 2 aromatic heterocycles. The Kier molecular flexibility index (Phi) is 5.56. The Morgan fingerprint density at radius 1 is 1.20 bits per heavy atom. The van der Waals surface area contributed by atoms with Crippen molar-refractivity contribution in [1.29, 1.82) is 0 Å². The summed E-state index contributed by atoms with van der Waals surface area (Å²) in [7, 11) is 1.84. The van der Waals surface area contributed by atoms with Gasteiger partial charge in [-0.3, -0.25) is 4.98 Å². The van der Waals surface area contributed by atoms with E-state index in [1.807, 2.05) is 31.2 Å². The molecule has 0 unspecified atom stereocenters. The predicted molar refractivity (Wildman–Crippen MR) is 99.2 cm³/mol. The Bertz CT molecular complexity index is 985. The van der Waals surface area contributed by atoms with Gasteiger partial charge in [-0.25, -0.2) is 13.4 Å². The maximum absolute atomic E-state index is 11.1. The summed E-state index contributed by atoms with van der Waals surface area (Å²) in [5, 5.41) is 1.03. The fourth-order valence-corrected chi connectivity index (χ4v) is 3.78. The third kappa shape index (κ3) is 4.29. The van der Waals surface area contributed by atoms with E-state index in [9.17, 15) is 8.42 Å². The highest BCUT2D eigenvalue weighted by molar-refractivity contribution is 8.13. The van der Waals surface area contributed by atoms with E-state index < -0.39 is 9.05 Å². The molecule has 134 valence electrons. The molecule has 0 bridgehead atoms. The average Bonchev–Trinajstić information content (AvgIpc) is 2.94. The van der Waals surface area contributed by atoms with Crippen LogP contribution in [0.15, 0.2) is 30.5 Å². The van der Waals surface area contributed by atoms with Crippen LogP contribution in [0, 0.1) is 0 Å². The van der Waals surface area contributed by atoms with Crippen LogP contribution in [0.1, 0.15) is 25.6 Å². The van der Waals surface area contributed by atoms with Crippen molar-refractivity contribution in [2.24, 2.45) is 0 Å². The molecule has 0 atom stereocenters. The van der Waals surface area contributed by atoms with E-state index in [0.29, 0.717) is 32.6 Å². The Morgan fingerprint density at radius 3 is 2.76 bits per heavy atom. The summed E-state index contributed by atoms with van der Waals surface area (Å²) in [6, 6.07) is 7.92. The highest BCUT2D eigenvalue weighted by Gasteiger charge is 2.14. The SMILES string of the molecule is CCOCc1nc2cnc3ccccc3c2n1CCCCS(=O)(=O)Cl. The minimum absolute atomic E-state index is 0.0235. The summed E-state index contributed by atoms with van der Waals surface area (Å²) >= 11 is 0. The van der Waals surface area contributed by atoms with E-state index in [1.54, 1.807) is 6.20 Å². The first-order chi connectivity index (χ1) is 12.0. The zero-order valence-corrected chi connectivity index (χ0v) is 15.6. The maximum atomic E-state index is 11.1. The molecule has 2 heterocycles. The molecule has 6 nitrogen and oxygen atoms in total. The molecule has 3 aromatic rings. The van der Waals surface area contributed by atoms with Gasteiger partial charge in [-0.15, -0.1) is 0 Å². The lowest BCUT2D eigenvalue weighted by Crippen LogP contribution is -2.08. The number of fused-ring (bicyclic) bond motifs is 3. The normalized spacial score (nSPS) is 12.2. The summed E-state index contributed by atoms with van der Waals surface area (Å²) in [6.07, 6.45) is 2.96. The molecule has 1 aromatic carbocycles. The second-order valence-corrected chi connectivity index (χ2v) is 8.67. The minimum Gasteiger partial charge on any atom is -0.374 e. The van der Waals surface area contributed by atoms with Crippen LogP contribution in [0.25, 0.3) is 21.9 Å². The van der Waals surface area contributed by atoms with Gasteiger partial charge in [0.2, 0.25) is 9.05 Å². The number of benzene rings is 1. The maximum Gasteiger partial charge on any atom is 0.232 e. The molecule has 0 fully saturated rings. The van der Waals surface area contributed by atoms with Gasteiger partial charge in [-0.1, -0.05) is 18.2 Å². The van der Waals surface area contributed by atoms with E-state index in [4.69, 9.17) is 15.4 Å². The van der Waals surface area contributed by atoms with Crippen LogP contribution in [-0.2, 0) is 26.9 Å². The molecule has 3 rings (SSSR count). The van der Waals surface area contributed by atoms with E-state index in [1.165, 1.54) is 0 Å². The summed E-state index contributed by atoms with van der Waals surface area (Å²) < 4.78 is 29.9. The molecule has 0 saturated carbocycles. The number of halogens is 1. The Hall–Kier alpha value is -1.70. The van der Waals surface area contributed by atoms with Gasteiger partial charge in [0.05, 0.1) is 23.0 Å². The van der Waals surface area contributed by atoms with Crippen molar-refractivity contribution in [2.75, 3.05) is 12.4 Å². The molecular weight excluding hydrogens is 362 g/mol. The number of pyridine rings is 1. The van der Waals surface area contributed by atoms with Crippen molar-refractivity contribution in [2.45, 2.75) is 32.9 Å². The zero-order chi connectivity index (χ0) is 17.9. The smallest absolute Gasteiger partial charge is 0.232 e. The zero-order valence-electron chi connectivity index (χ0n) is 14.0. The first kappa shape index (κ1) is 18.1. The fraction of sp³-hybridized carbons (Fsp3) is 0.412. The highest BCUT2D eigenvalue weighted by atomic mass is 35.7. The lowest BCUT2D eigenvalue weighted by Gasteiger charge is -2.10. The molecule has 0 aliphatic carbocycles. The van der Waals surface area contributed by atoms with Gasteiger partial charge < -0.3 is 9.30 Å². The topological polar surface area (TPSA) is 74.1 Å². The summed E-state index contributed by atoms with van der Waals surface area (Å²) in [6.45, 7) is 3.61. The number of aryl methyl sites for hydroxylation is 1. The second kappa shape index (κ2) is 7.68. The van der Waals surface area contributed by atoms with Gasteiger partial charge in [0.25, 0.3) is 0 Å². The number of ether oxygens (including phenoxy) is 1. The largest absolute Gasteiger partial charge is 0.374 e. The molecule has 8 heteroatoms. The number of para-hydroxylation sites is 1. The molecule has 0 amide bonds. The van der Waals surface area contributed by atoms with Crippen molar-refractivity contribution in [3.8, 4) is 0 Å². The van der Waals surface area contributed by atoms with Gasteiger partial charge >= 0.3 is 0 Å². The predicted octanol–water partition coefficient (Wildman–Crippen LogP) is 3.47. The lowest BCUT2D eigenvalue weighted by atomic mass is 10.2. The number of nitrogens with zero attached hydrogens (tertiary/aromatic N) is 3. The van der Waals surface area contributed by atoms with Crippen LogP contribution in [0.2, 0.25) is 0 Å². The molecule has 0 saturated heterocycles. The number of unbranched alkanes of at least 4 members (excludes halogenated alkanes) is 1. The highest BCUT2D eigenvalue weighted by Crippen LogP contribution is 2.25. The van der Waals surface area contributed by atoms with Crippen LogP contribution >= 0.6 is 10.7 Å². The second-order valence-electron chi connectivity index (χ2n) is 5.78. The molecular formula is C17H20ClN3O3S. The van der Waals surface area contributed by atoms with Gasteiger partial charge in [0.1, 0.15) is 17.9 Å². The lowest BCUT2D eigenvalue weighted by molar-refractivity contribution is 0.126. The van der Waals surface area contributed by atoms with Gasteiger partial charge in [0, 0.05) is 29.2 Å². The van der Waals surface area contributed by atoms with E-state index >= 15 is 0 Å². The first-order valence-electron chi connectivity index (χ1n) is 8.22. The molecule has 0 N–H and O–H groups in total. The Balaban J connectivity index is 1.98. The number of imidazole rings is 1. The van der Waals surface area contributed by atoms with Gasteiger partial charge in [-0.2, -0.15) is 0 Å². The van der Waals surface area contributed by atoms with Crippen molar-refractivity contribution < 1.29 is 13.2 Å². The third-order valence-corrected chi connectivity index (χ3v) is 5.25. The Morgan fingerprint density at radius 2 is 2.00 bits per heavy atom. The van der Waals surface area contributed by atoms with Gasteiger partial charge in [0.15, 0.2) is 0 Å². The van der Waals surface area contributed by atoms with E-state index in [0.717, 1.165) is 27.8 Å². The minimum atomic E-state index is -3.45. The first-order valence-corrected chi connectivity index (χ1v) is 10.7. The summed E-state index contributed by atoms with van der Waals surface area (Å²) in [5.74, 6) is 0.799. The van der Waals surface area contributed by atoms with Crippen molar-refractivity contribution >= 4 is 41.7 Å². The molecule has 25 heavy (non-hydrogen) atoms. The van der Waals surface area contributed by atoms with Gasteiger partial charge in [-0.05, 0) is 25.8 Å². The van der Waals surface area contributed by atoms with Crippen molar-refractivity contribution in [3.63, 3.8) is 0 Å². The van der Waals surface area contributed by atoms with E-state index in [-0.39, 0.29) is 5.75 Å². The number of aromatic nitrogens is 3. The molecule has 0 spiro atoms. The van der Waals surface area contributed by atoms with Crippen molar-refractivity contribution in [3.05, 3.63) is 36.3 Å². The standard InChI is InChI=1S/C17H20ClN3O3S/c1-2-24-12-16-20-15-11-19-14-8-4-3-7-13(14)17(15)21(16)9-5-6-10-25(18,22)23/h3-4,7-8,11H,2,5-6,9-10,12H2,1H3. The fourth-order valence-electron chi connectivity index (χ4n) is 2.90. The van der Waals surface area contributed by atoms with E-state index in [2.05, 4.69) is 14.5 Å². The van der Waals surface area contributed by atoms with Crippen LogP contribution < -0.4 is 0 Å². The number of hydrogen-bond acceptors (Lipinski definition) is 5. The molecule has 0 radical (unpaired) electrons. The third-order valence-electron chi connectivity index (χ3n) is 4.01. The average molecular weight is 382 g/mol. The van der Waals surface area contributed by atoms with Crippen LogP contribution in [-0.4, -0.2) is 35.3 Å². The molecule has 0 aliphatic rings. The quantitative estimate of drug-likeness (QED) is 0.441. The van der Waals surface area contributed by atoms with Crippen molar-refractivity contribution in [1.82, 2.24) is 14.5 Å². The summed E-state index contributed by atoms with van der Waals surface area (Å²) in [4.78, 5) is 9.12. The number of rotatable bonds is 8. The monoisotopic (exact) mass is 381 g/mol. The van der Waals surface area contributed by atoms with Crippen LogP contribution in [0.4, 0.5) is 0 Å². The van der Waals surface area contributed by atoms with Crippen LogP contribution in [0.3, 0.4) is 0 Å². The summed E-state index contributed by atoms with van der Waals surface area (Å²) in [5.41, 5.74) is 2.73. The molecule has 0 aliphatic heterocycles. The number of hydrogen-bond donors (Lipinski definition) is 0.